The van der Waals surface area contributed by atoms with Crippen LogP contribution in [-0.2, 0) is 11.3 Å². The summed E-state index contributed by atoms with van der Waals surface area (Å²) in [7, 11) is 0. The molecule has 2 rings (SSSR count). The highest BCUT2D eigenvalue weighted by atomic mass is 32.1. The number of benzene rings is 1. The lowest BCUT2D eigenvalue weighted by molar-refractivity contribution is 0.0636. The van der Waals surface area contributed by atoms with E-state index in [1.165, 1.54) is 15.3 Å². The van der Waals surface area contributed by atoms with Crippen molar-refractivity contribution in [1.29, 1.82) is 0 Å². The maximum atomic E-state index is 12.0. The average molecular weight is 332 g/mol. The number of amides is 1. The van der Waals surface area contributed by atoms with E-state index in [0.29, 0.717) is 5.69 Å². The van der Waals surface area contributed by atoms with Crippen LogP contribution in [0.1, 0.15) is 36.1 Å². The highest BCUT2D eigenvalue weighted by Gasteiger charge is 2.17. The molecule has 0 saturated carbocycles. The second-order valence-electron chi connectivity index (χ2n) is 6.46. The van der Waals surface area contributed by atoms with Crippen molar-refractivity contribution in [3.8, 4) is 0 Å². The van der Waals surface area contributed by atoms with Crippen LogP contribution in [0.4, 0.5) is 16.2 Å². The lowest BCUT2D eigenvalue weighted by Gasteiger charge is -2.20. The van der Waals surface area contributed by atoms with Crippen LogP contribution in [0.5, 0.6) is 0 Å². The Bertz CT molecular complexity index is 687. The number of hydrogen-bond donors (Lipinski definition) is 2. The zero-order valence-corrected chi connectivity index (χ0v) is 15.1. The van der Waals surface area contributed by atoms with Crippen LogP contribution >= 0.6 is 11.3 Å². The predicted molar refractivity (Wildman–Crippen MR) is 97.4 cm³/mol. The van der Waals surface area contributed by atoms with Crippen molar-refractivity contribution in [2.45, 2.75) is 46.8 Å². The summed E-state index contributed by atoms with van der Waals surface area (Å²) < 4.78 is 5.31. The van der Waals surface area contributed by atoms with Gasteiger partial charge in [-0.1, -0.05) is 12.1 Å². The molecule has 1 amide bonds. The minimum absolute atomic E-state index is 0.450. The molecule has 0 bridgehead atoms. The Morgan fingerprint density at radius 1 is 1.17 bits per heavy atom. The summed E-state index contributed by atoms with van der Waals surface area (Å²) in [5, 5.41) is 6.19. The van der Waals surface area contributed by atoms with Gasteiger partial charge in [0, 0.05) is 16.3 Å². The van der Waals surface area contributed by atoms with Crippen molar-refractivity contribution < 1.29 is 9.53 Å². The lowest BCUT2D eigenvalue weighted by atomic mass is 10.2. The van der Waals surface area contributed by atoms with E-state index < -0.39 is 11.7 Å². The molecule has 1 heterocycles. The molecular weight excluding hydrogens is 308 g/mol. The first-order chi connectivity index (χ1) is 10.7. The Kier molecular flexibility index (Phi) is 5.31. The molecule has 0 spiro atoms. The van der Waals surface area contributed by atoms with Crippen LogP contribution in [-0.4, -0.2) is 11.7 Å². The number of carbonyl (C=O) groups excluding carboxylic acids is 1. The average Bonchev–Trinajstić information content (AvgIpc) is 2.74. The number of aryl methyl sites for hydroxylation is 2. The Balaban J connectivity index is 2.05. The third-order valence-corrected chi connectivity index (χ3v) is 4.18. The van der Waals surface area contributed by atoms with Gasteiger partial charge in [0.1, 0.15) is 5.60 Å². The van der Waals surface area contributed by atoms with Gasteiger partial charge in [-0.3, -0.25) is 5.32 Å². The number of thiophene rings is 1. The Hall–Kier alpha value is -2.01. The molecule has 4 nitrogen and oxygen atoms in total. The molecule has 124 valence electrons. The number of rotatable bonds is 4. The molecule has 2 aromatic rings. The van der Waals surface area contributed by atoms with Crippen molar-refractivity contribution in [2.75, 3.05) is 10.6 Å². The first-order valence-corrected chi connectivity index (χ1v) is 8.45. The van der Waals surface area contributed by atoms with Gasteiger partial charge in [0.25, 0.3) is 0 Å². The van der Waals surface area contributed by atoms with Crippen LogP contribution < -0.4 is 10.6 Å². The molecule has 2 N–H and O–H groups in total. The van der Waals surface area contributed by atoms with E-state index in [0.717, 1.165) is 12.2 Å². The zero-order chi connectivity index (χ0) is 17.0. The molecule has 1 aromatic heterocycles. The molecule has 0 aliphatic carbocycles. The number of hydrogen-bond acceptors (Lipinski definition) is 4. The highest BCUT2D eigenvalue weighted by Crippen LogP contribution is 2.25. The molecule has 23 heavy (non-hydrogen) atoms. The largest absolute Gasteiger partial charge is 0.444 e. The summed E-state index contributed by atoms with van der Waals surface area (Å²) in [6, 6.07) is 9.82. The molecule has 0 atom stereocenters. The van der Waals surface area contributed by atoms with Gasteiger partial charge in [-0.25, -0.2) is 4.79 Å². The number of ether oxygens (including phenoxy) is 1. The second kappa shape index (κ2) is 7.04. The van der Waals surface area contributed by atoms with E-state index in [2.05, 4.69) is 30.5 Å². The van der Waals surface area contributed by atoms with Crippen molar-refractivity contribution >= 4 is 28.8 Å². The van der Waals surface area contributed by atoms with Crippen LogP contribution in [0.2, 0.25) is 0 Å². The molecule has 0 aliphatic rings. The van der Waals surface area contributed by atoms with Gasteiger partial charge in [-0.2, -0.15) is 0 Å². The van der Waals surface area contributed by atoms with Gasteiger partial charge in [0.05, 0.1) is 11.4 Å². The third-order valence-electron chi connectivity index (χ3n) is 3.18. The van der Waals surface area contributed by atoms with E-state index in [1.807, 2.05) is 45.0 Å². The van der Waals surface area contributed by atoms with Crippen LogP contribution in [0.15, 0.2) is 30.3 Å². The normalized spacial score (nSPS) is 11.2. The van der Waals surface area contributed by atoms with Crippen molar-refractivity contribution in [1.82, 2.24) is 0 Å². The smallest absolute Gasteiger partial charge is 0.412 e. The molecule has 5 heteroatoms. The summed E-state index contributed by atoms with van der Waals surface area (Å²) in [6.07, 6.45) is -0.450. The summed E-state index contributed by atoms with van der Waals surface area (Å²) >= 11 is 1.80. The summed E-state index contributed by atoms with van der Waals surface area (Å²) in [5.41, 5.74) is 2.35. The molecule has 1 aromatic carbocycles. The monoisotopic (exact) mass is 332 g/mol. The second-order valence-corrected chi connectivity index (χ2v) is 7.92. The maximum absolute atomic E-state index is 12.0. The van der Waals surface area contributed by atoms with Crippen LogP contribution in [0, 0.1) is 13.8 Å². The van der Waals surface area contributed by atoms with Gasteiger partial charge < -0.3 is 10.1 Å². The third kappa shape index (κ3) is 5.28. The first-order valence-electron chi connectivity index (χ1n) is 7.63. The number of carbonyl (C=O) groups is 1. The van der Waals surface area contributed by atoms with E-state index in [4.69, 9.17) is 4.74 Å². The van der Waals surface area contributed by atoms with E-state index in [9.17, 15) is 4.79 Å². The van der Waals surface area contributed by atoms with Crippen LogP contribution in [0.3, 0.4) is 0 Å². The SMILES string of the molecule is Cc1cc(CNc2ccccc2NC(=O)OC(C)(C)C)c(C)s1. The standard InChI is InChI=1S/C18H24N2O2S/c1-12-10-14(13(2)23-12)11-19-15-8-6-7-9-16(15)20-17(21)22-18(3,4)5/h6-10,19H,11H2,1-5H3,(H,20,21). The Morgan fingerprint density at radius 2 is 1.83 bits per heavy atom. The molecule has 0 radical (unpaired) electrons. The fourth-order valence-electron chi connectivity index (χ4n) is 2.21. The van der Waals surface area contributed by atoms with E-state index in [1.54, 1.807) is 11.3 Å². The Morgan fingerprint density at radius 3 is 2.39 bits per heavy atom. The summed E-state index contributed by atoms with van der Waals surface area (Å²) in [6.45, 7) is 10.5. The minimum Gasteiger partial charge on any atom is -0.444 e. The van der Waals surface area contributed by atoms with Gasteiger partial charge >= 0.3 is 6.09 Å². The summed E-state index contributed by atoms with van der Waals surface area (Å²) in [5.74, 6) is 0. The molecule has 0 unspecified atom stereocenters. The van der Waals surface area contributed by atoms with E-state index >= 15 is 0 Å². The Labute approximate surface area is 141 Å². The minimum atomic E-state index is -0.516. The molecule has 0 fully saturated rings. The predicted octanol–water partition coefficient (Wildman–Crippen LogP) is 5.32. The molecular formula is C18H24N2O2S. The topological polar surface area (TPSA) is 50.4 Å². The van der Waals surface area contributed by atoms with Gasteiger partial charge in [-0.05, 0) is 58.4 Å². The van der Waals surface area contributed by atoms with Crippen molar-refractivity contribution in [3.05, 3.63) is 45.6 Å². The van der Waals surface area contributed by atoms with Crippen LogP contribution in [0.25, 0.3) is 0 Å². The summed E-state index contributed by atoms with van der Waals surface area (Å²) in [4.78, 5) is 14.6. The number of anilines is 2. The number of para-hydroxylation sites is 2. The first kappa shape index (κ1) is 17.3. The lowest BCUT2D eigenvalue weighted by Crippen LogP contribution is -2.27. The fraction of sp³-hybridized carbons (Fsp3) is 0.389. The quantitative estimate of drug-likeness (QED) is 0.796. The number of nitrogens with one attached hydrogen (secondary N) is 2. The van der Waals surface area contributed by atoms with Crippen molar-refractivity contribution in [2.24, 2.45) is 0 Å². The van der Waals surface area contributed by atoms with Crippen molar-refractivity contribution in [3.63, 3.8) is 0 Å². The van der Waals surface area contributed by atoms with Gasteiger partial charge in [0.2, 0.25) is 0 Å². The highest BCUT2D eigenvalue weighted by molar-refractivity contribution is 7.12. The molecule has 0 saturated heterocycles. The molecule has 0 aliphatic heterocycles. The van der Waals surface area contributed by atoms with E-state index in [-0.39, 0.29) is 0 Å². The van der Waals surface area contributed by atoms with Gasteiger partial charge in [0.15, 0.2) is 0 Å². The van der Waals surface area contributed by atoms with Gasteiger partial charge in [-0.15, -0.1) is 11.3 Å². The fourth-order valence-corrected chi connectivity index (χ4v) is 3.16. The maximum Gasteiger partial charge on any atom is 0.412 e. The zero-order valence-electron chi connectivity index (χ0n) is 14.3.